The third kappa shape index (κ3) is 9.81. The average Bonchev–Trinajstić information content (AvgIpc) is 3.87. The van der Waals surface area contributed by atoms with Gasteiger partial charge in [0.25, 0.3) is 0 Å². The molecular weight excluding hydrogens is 690 g/mol. The summed E-state index contributed by atoms with van der Waals surface area (Å²) in [6.45, 7) is 12.3. The van der Waals surface area contributed by atoms with Gasteiger partial charge in [0.15, 0.2) is 0 Å². The first kappa shape index (κ1) is 43.2. The van der Waals surface area contributed by atoms with Crippen molar-refractivity contribution < 1.29 is 38.6 Å². The Morgan fingerprint density at radius 3 is 2.22 bits per heavy atom. The molecule has 3 aliphatic rings. The van der Waals surface area contributed by atoms with Crippen molar-refractivity contribution in [3.8, 4) is 0 Å². The molecule has 4 amide bonds. The number of nitrogens with zero attached hydrogens (tertiary/aromatic N) is 2. The first-order valence-electron chi connectivity index (χ1n) is 19.9. The predicted octanol–water partition coefficient (Wildman–Crippen LogP) is 3.25. The van der Waals surface area contributed by atoms with E-state index in [4.69, 9.17) is 9.47 Å². The Labute approximate surface area is 321 Å². The number of carboxylic acids is 1. The topological polar surface area (TPSA) is 167 Å². The third-order valence-corrected chi connectivity index (χ3v) is 12.6. The second-order valence-electron chi connectivity index (χ2n) is 16.3. The van der Waals surface area contributed by atoms with Gasteiger partial charge < -0.3 is 40.3 Å². The van der Waals surface area contributed by atoms with Crippen LogP contribution in [0.2, 0.25) is 0 Å². The fourth-order valence-corrected chi connectivity index (χ4v) is 9.16. The zero-order chi connectivity index (χ0) is 39.9. The van der Waals surface area contributed by atoms with Crippen LogP contribution in [0.25, 0.3) is 0 Å². The number of carbonyl (C=O) groups excluding carboxylic acids is 4. The number of amides is 4. The lowest BCUT2D eigenvalue weighted by molar-refractivity contribution is -0.148. The number of piperidine rings is 1. The molecule has 2 aliphatic heterocycles. The van der Waals surface area contributed by atoms with E-state index in [1.54, 1.807) is 30.9 Å². The second kappa shape index (κ2) is 19.4. The number of carboxylic acid groups (broad SMARTS) is 1. The average molecular weight is 756 g/mol. The summed E-state index contributed by atoms with van der Waals surface area (Å²) in [7, 11) is 4.79. The minimum Gasteiger partial charge on any atom is -0.480 e. The summed E-state index contributed by atoms with van der Waals surface area (Å²) in [6.07, 6.45) is 2.95. The Kier molecular flexibility index (Phi) is 15.5. The van der Waals surface area contributed by atoms with E-state index in [-0.39, 0.29) is 54.4 Å². The molecule has 0 radical (unpaired) electrons. The van der Waals surface area contributed by atoms with Crippen LogP contribution in [0.3, 0.4) is 0 Å². The lowest BCUT2D eigenvalue weighted by Crippen LogP contribution is -2.60. The second-order valence-corrected chi connectivity index (χ2v) is 16.3. The SMILES string of the molecule is CC[C@H](C)[C@@H]([C@@H](CC(=O)N1CCC[C@H]1[C@H](OC)[C@@H](C)C(=O)N[C@@H](Cc1ccccc1)C(=O)O)OC)N(C)C(=O)[C@@H](NC(=O)[C@H]1N[C@H]2CC[C@H]1[C@@H]2C)C(C)C. The summed E-state index contributed by atoms with van der Waals surface area (Å²) in [5, 5.41) is 19.1. The number of fused-ring (bicyclic) bond motifs is 2. The van der Waals surface area contributed by atoms with Crippen molar-refractivity contribution in [3.63, 3.8) is 0 Å². The molecule has 13 nitrogen and oxygen atoms in total. The number of rotatable bonds is 19. The minimum absolute atomic E-state index is 0.000454. The van der Waals surface area contributed by atoms with Crippen molar-refractivity contribution in [2.75, 3.05) is 27.8 Å². The molecule has 1 saturated carbocycles. The van der Waals surface area contributed by atoms with Crippen molar-refractivity contribution in [2.24, 2.45) is 29.6 Å². The minimum atomic E-state index is -1.13. The predicted molar refractivity (Wildman–Crippen MR) is 205 cm³/mol. The summed E-state index contributed by atoms with van der Waals surface area (Å²) in [5.41, 5.74) is 0.789. The number of aliphatic carboxylic acids is 1. The van der Waals surface area contributed by atoms with Gasteiger partial charge in [0, 0.05) is 40.3 Å². The van der Waals surface area contributed by atoms with Gasteiger partial charge in [0.1, 0.15) is 12.1 Å². The van der Waals surface area contributed by atoms with Gasteiger partial charge in [-0.2, -0.15) is 0 Å². The Morgan fingerprint density at radius 2 is 1.69 bits per heavy atom. The first-order chi connectivity index (χ1) is 25.6. The van der Waals surface area contributed by atoms with Crippen molar-refractivity contribution in [3.05, 3.63) is 35.9 Å². The molecule has 302 valence electrons. The van der Waals surface area contributed by atoms with E-state index in [1.165, 1.54) is 7.11 Å². The highest BCUT2D eigenvalue weighted by Gasteiger charge is 2.49. The fourth-order valence-electron chi connectivity index (χ4n) is 9.16. The zero-order valence-electron chi connectivity index (χ0n) is 33.7. The van der Waals surface area contributed by atoms with Crippen LogP contribution in [-0.4, -0.2) is 121 Å². The number of carbonyl (C=O) groups is 5. The maximum Gasteiger partial charge on any atom is 0.326 e. The van der Waals surface area contributed by atoms with Crippen LogP contribution in [-0.2, 0) is 39.9 Å². The molecule has 3 fully saturated rings. The number of nitrogens with one attached hydrogen (secondary N) is 3. The summed E-state index contributed by atoms with van der Waals surface area (Å²) in [6, 6.07) is 6.40. The van der Waals surface area contributed by atoms with Gasteiger partial charge in [-0.3, -0.25) is 19.2 Å². The molecule has 2 bridgehead atoms. The number of ether oxygens (including phenoxy) is 2. The molecule has 0 spiro atoms. The van der Waals surface area contributed by atoms with Crippen LogP contribution in [0, 0.1) is 29.6 Å². The molecule has 4 rings (SSSR count). The third-order valence-electron chi connectivity index (χ3n) is 12.6. The van der Waals surface area contributed by atoms with Gasteiger partial charge in [-0.15, -0.1) is 0 Å². The van der Waals surface area contributed by atoms with Gasteiger partial charge in [0.2, 0.25) is 23.6 Å². The van der Waals surface area contributed by atoms with Gasteiger partial charge in [-0.25, -0.2) is 4.79 Å². The van der Waals surface area contributed by atoms with Crippen LogP contribution in [0.15, 0.2) is 30.3 Å². The Morgan fingerprint density at radius 1 is 1.00 bits per heavy atom. The Bertz CT molecular complexity index is 1440. The van der Waals surface area contributed by atoms with Crippen molar-refractivity contribution in [1.82, 2.24) is 25.8 Å². The largest absolute Gasteiger partial charge is 0.480 e. The number of likely N-dealkylation sites (tertiary alicyclic amines) is 1. The van der Waals surface area contributed by atoms with Crippen LogP contribution in [0.1, 0.15) is 85.6 Å². The van der Waals surface area contributed by atoms with Gasteiger partial charge in [-0.05, 0) is 54.9 Å². The molecule has 54 heavy (non-hydrogen) atoms. The van der Waals surface area contributed by atoms with E-state index >= 15 is 0 Å². The molecule has 12 atom stereocenters. The highest BCUT2D eigenvalue weighted by atomic mass is 16.5. The van der Waals surface area contributed by atoms with Crippen molar-refractivity contribution in [1.29, 1.82) is 0 Å². The summed E-state index contributed by atoms with van der Waals surface area (Å²) in [5.74, 6) is -2.39. The van der Waals surface area contributed by atoms with E-state index in [0.717, 1.165) is 24.8 Å². The van der Waals surface area contributed by atoms with Crippen molar-refractivity contribution >= 4 is 29.6 Å². The maximum absolute atomic E-state index is 14.3. The molecule has 0 aromatic heterocycles. The van der Waals surface area contributed by atoms with Crippen LogP contribution in [0.4, 0.5) is 0 Å². The van der Waals surface area contributed by atoms with E-state index in [2.05, 4.69) is 22.9 Å². The first-order valence-corrected chi connectivity index (χ1v) is 19.9. The Hall–Kier alpha value is -3.55. The van der Waals surface area contributed by atoms with Gasteiger partial charge in [-0.1, -0.05) is 78.3 Å². The smallest absolute Gasteiger partial charge is 0.326 e. The van der Waals surface area contributed by atoms with Crippen LogP contribution in [0.5, 0.6) is 0 Å². The van der Waals surface area contributed by atoms with E-state index in [1.807, 2.05) is 58.0 Å². The zero-order valence-corrected chi connectivity index (χ0v) is 33.7. The number of hydrogen-bond acceptors (Lipinski definition) is 8. The number of likely N-dealkylation sites (N-methyl/N-ethyl adjacent to an activating group) is 1. The molecule has 2 heterocycles. The highest BCUT2D eigenvalue weighted by molar-refractivity contribution is 5.91. The lowest BCUT2D eigenvalue weighted by Gasteiger charge is -2.41. The number of methoxy groups -OCH3 is 2. The standard InChI is InChI=1S/C41H65N5O8/c1-10-24(4)36(45(7)40(50)34(23(2)3)44-39(49)35-28-18-19-29(42-35)25(28)5)32(53-8)22-33(47)46-20-14-17-31(46)37(54-9)26(6)38(48)43-30(41(51)52)21-27-15-12-11-13-16-27/h11-13,15-16,23-26,28-32,34-37,42H,10,14,17-22H2,1-9H3,(H,43,48)(H,44,49)(H,51,52)/t24-,25-,26+,28-,29-,30-,31-,32+,34-,35-,36-,37+/m0/s1. The monoisotopic (exact) mass is 755 g/mol. The molecule has 1 aliphatic carbocycles. The molecule has 13 heteroatoms. The molecule has 1 aromatic carbocycles. The van der Waals surface area contributed by atoms with Crippen LogP contribution >= 0.6 is 0 Å². The molecule has 1 aromatic rings. The van der Waals surface area contributed by atoms with E-state index < -0.39 is 54.2 Å². The molecule has 2 saturated heterocycles. The van der Waals surface area contributed by atoms with E-state index in [0.29, 0.717) is 31.3 Å². The van der Waals surface area contributed by atoms with Gasteiger partial charge >= 0.3 is 5.97 Å². The fraction of sp³-hybridized carbons (Fsp3) is 0.732. The maximum atomic E-state index is 14.3. The van der Waals surface area contributed by atoms with Gasteiger partial charge in [0.05, 0.1) is 42.7 Å². The summed E-state index contributed by atoms with van der Waals surface area (Å²) in [4.78, 5) is 71.0. The highest BCUT2D eigenvalue weighted by Crippen LogP contribution is 2.40. The summed E-state index contributed by atoms with van der Waals surface area (Å²) >= 11 is 0. The Balaban J connectivity index is 1.45. The number of hydrogen-bond donors (Lipinski definition) is 4. The molecule has 4 N–H and O–H groups in total. The summed E-state index contributed by atoms with van der Waals surface area (Å²) < 4.78 is 11.9. The van der Waals surface area contributed by atoms with E-state index in [9.17, 15) is 29.1 Å². The quantitative estimate of drug-likeness (QED) is 0.166. The van der Waals surface area contributed by atoms with Crippen molar-refractivity contribution in [2.45, 2.75) is 135 Å². The molecular formula is C41H65N5O8. The normalized spacial score (nSPS) is 26.0. The van der Waals surface area contributed by atoms with Crippen LogP contribution < -0.4 is 16.0 Å². The number of benzene rings is 1. The lowest BCUT2D eigenvalue weighted by atomic mass is 9.89. The molecule has 0 unspecified atom stereocenters.